The number of hydrogen-bond donors (Lipinski definition) is 3. The van der Waals surface area contributed by atoms with Crippen molar-refractivity contribution in [2.24, 2.45) is 11.7 Å². The van der Waals surface area contributed by atoms with Gasteiger partial charge in [0.2, 0.25) is 0 Å². The van der Waals surface area contributed by atoms with Crippen molar-refractivity contribution in [2.45, 2.75) is 38.6 Å². The summed E-state index contributed by atoms with van der Waals surface area (Å²) in [7, 11) is 1.53. The molecule has 0 spiro atoms. The fraction of sp³-hybridized carbons (Fsp3) is 0.450. The van der Waals surface area contributed by atoms with Crippen LogP contribution in [0.5, 0.6) is 5.75 Å². The third-order valence-electron chi connectivity index (χ3n) is 5.38. The Morgan fingerprint density at radius 1 is 1.41 bits per heavy atom. The molecule has 8 nitrogen and oxygen atoms in total. The van der Waals surface area contributed by atoms with E-state index in [0.29, 0.717) is 34.5 Å². The summed E-state index contributed by atoms with van der Waals surface area (Å²) in [5.74, 6) is 0.298. The molecule has 1 fully saturated rings. The van der Waals surface area contributed by atoms with Gasteiger partial charge in [0.05, 0.1) is 17.8 Å². The number of hydrogen-bond acceptors (Lipinski definition) is 6. The second-order valence-corrected chi connectivity index (χ2v) is 7.80. The molecule has 1 aliphatic carbocycles. The summed E-state index contributed by atoms with van der Waals surface area (Å²) < 4.78 is 6.44. The van der Waals surface area contributed by atoms with E-state index in [9.17, 15) is 9.59 Å². The van der Waals surface area contributed by atoms with Crippen molar-refractivity contribution in [3.63, 3.8) is 0 Å². The Bertz CT molecular complexity index is 952. The number of rotatable bonds is 5. The molecule has 5 N–H and O–H groups in total. The lowest BCUT2D eigenvalue weighted by molar-refractivity contribution is 0.0919. The van der Waals surface area contributed by atoms with Crippen LogP contribution in [0.15, 0.2) is 23.3 Å². The van der Waals surface area contributed by atoms with Crippen LogP contribution in [-0.4, -0.2) is 35.2 Å². The molecule has 1 saturated carbocycles. The highest BCUT2D eigenvalue weighted by Gasteiger charge is 2.26. The summed E-state index contributed by atoms with van der Waals surface area (Å²) in [5.41, 5.74) is 12.0. The zero-order valence-electron chi connectivity index (χ0n) is 16.6. The molecule has 3 rings (SSSR count). The van der Waals surface area contributed by atoms with Crippen molar-refractivity contribution in [1.82, 2.24) is 14.9 Å². The smallest absolute Gasteiger partial charge is 0.273 e. The Balaban J connectivity index is 1.96. The number of aryl methyl sites for hydroxylation is 1. The van der Waals surface area contributed by atoms with Crippen molar-refractivity contribution in [1.29, 1.82) is 0 Å². The van der Waals surface area contributed by atoms with Gasteiger partial charge in [0.15, 0.2) is 0 Å². The first-order valence-corrected chi connectivity index (χ1v) is 9.96. The number of anilines is 1. The third kappa shape index (κ3) is 4.38. The maximum atomic E-state index is 13.1. The number of carbonyl (C=O) groups excluding carboxylic acids is 1. The van der Waals surface area contributed by atoms with Crippen molar-refractivity contribution in [2.75, 3.05) is 19.4 Å². The zero-order valence-corrected chi connectivity index (χ0v) is 17.3. The molecule has 29 heavy (non-hydrogen) atoms. The Morgan fingerprint density at radius 2 is 2.17 bits per heavy atom. The highest BCUT2D eigenvalue weighted by Crippen LogP contribution is 2.29. The third-order valence-corrected chi connectivity index (χ3v) is 5.67. The maximum absolute atomic E-state index is 13.1. The Hall–Kier alpha value is -2.58. The van der Waals surface area contributed by atoms with Gasteiger partial charge in [-0.15, -0.1) is 0 Å². The molecule has 0 aliphatic heterocycles. The average Bonchev–Trinajstić information content (AvgIpc) is 2.69. The van der Waals surface area contributed by atoms with Crippen LogP contribution in [0.4, 0.5) is 5.82 Å². The minimum absolute atomic E-state index is 0.0384. The number of halogens is 1. The lowest BCUT2D eigenvalue weighted by Gasteiger charge is -2.29. The van der Waals surface area contributed by atoms with Crippen LogP contribution in [0.3, 0.4) is 0 Å². The Kier molecular flexibility index (Phi) is 6.44. The van der Waals surface area contributed by atoms with E-state index in [2.05, 4.69) is 10.3 Å². The van der Waals surface area contributed by atoms with Crippen molar-refractivity contribution >= 4 is 23.3 Å². The fourth-order valence-corrected chi connectivity index (χ4v) is 4.21. The molecular weight excluding hydrogens is 394 g/mol. The molecule has 1 amide bonds. The topological polar surface area (TPSA) is 125 Å². The summed E-state index contributed by atoms with van der Waals surface area (Å²) >= 11 is 6.37. The molecule has 2 atom stereocenters. The van der Waals surface area contributed by atoms with Crippen LogP contribution < -0.4 is 27.1 Å². The number of nitrogens with zero attached hydrogens (tertiary/aromatic N) is 2. The fourth-order valence-electron chi connectivity index (χ4n) is 3.86. The van der Waals surface area contributed by atoms with Crippen LogP contribution in [0.25, 0.3) is 5.69 Å². The van der Waals surface area contributed by atoms with Gasteiger partial charge in [-0.3, -0.25) is 14.2 Å². The molecule has 1 aliphatic rings. The first-order valence-electron chi connectivity index (χ1n) is 9.58. The molecular formula is C20H26ClN5O3. The van der Waals surface area contributed by atoms with Crippen LogP contribution >= 0.6 is 11.6 Å². The summed E-state index contributed by atoms with van der Waals surface area (Å²) in [4.78, 5) is 30.1. The predicted molar refractivity (Wildman–Crippen MR) is 113 cm³/mol. The first kappa shape index (κ1) is 21.1. The van der Waals surface area contributed by atoms with Crippen molar-refractivity contribution in [3.05, 3.63) is 45.0 Å². The zero-order chi connectivity index (χ0) is 21.1. The lowest BCUT2D eigenvalue weighted by atomic mass is 9.85. The van der Waals surface area contributed by atoms with Crippen molar-refractivity contribution < 1.29 is 9.53 Å². The maximum Gasteiger partial charge on any atom is 0.273 e. The van der Waals surface area contributed by atoms with E-state index < -0.39 is 11.5 Å². The molecule has 1 heterocycles. The number of ether oxygens (including phenoxy) is 1. The molecule has 0 radical (unpaired) electrons. The monoisotopic (exact) mass is 419 g/mol. The van der Waals surface area contributed by atoms with Gasteiger partial charge in [0, 0.05) is 12.1 Å². The predicted octanol–water partition coefficient (Wildman–Crippen LogP) is 2.03. The molecule has 1 aromatic heterocycles. The van der Waals surface area contributed by atoms with Gasteiger partial charge < -0.3 is 21.5 Å². The molecule has 0 saturated heterocycles. The van der Waals surface area contributed by atoms with Gasteiger partial charge in [-0.05, 0) is 50.3 Å². The Morgan fingerprint density at radius 3 is 2.83 bits per heavy atom. The van der Waals surface area contributed by atoms with E-state index in [1.807, 2.05) is 0 Å². The van der Waals surface area contributed by atoms with E-state index >= 15 is 0 Å². The minimum atomic E-state index is -0.573. The normalized spacial score (nSPS) is 19.0. The molecule has 156 valence electrons. The Labute approximate surface area is 174 Å². The average molecular weight is 420 g/mol. The summed E-state index contributed by atoms with van der Waals surface area (Å²) in [6.45, 7) is 2.38. The van der Waals surface area contributed by atoms with Crippen LogP contribution in [0, 0.1) is 12.8 Å². The van der Waals surface area contributed by atoms with Crippen molar-refractivity contribution in [3.8, 4) is 11.4 Å². The van der Waals surface area contributed by atoms with E-state index in [1.54, 1.807) is 19.1 Å². The number of aromatic nitrogens is 2. The highest BCUT2D eigenvalue weighted by atomic mass is 35.5. The number of methoxy groups -OCH3 is 1. The van der Waals surface area contributed by atoms with Gasteiger partial charge in [0.1, 0.15) is 23.5 Å². The number of nitrogens with one attached hydrogen (secondary N) is 1. The summed E-state index contributed by atoms with van der Waals surface area (Å²) in [5, 5.41) is 3.23. The second-order valence-electron chi connectivity index (χ2n) is 7.39. The van der Waals surface area contributed by atoms with Gasteiger partial charge in [-0.1, -0.05) is 18.0 Å². The van der Waals surface area contributed by atoms with Crippen LogP contribution in [0.1, 0.15) is 41.6 Å². The minimum Gasteiger partial charge on any atom is -0.497 e. The second kappa shape index (κ2) is 8.84. The number of nitrogens with two attached hydrogens (primary N) is 2. The number of carbonyl (C=O) groups is 1. The molecule has 0 bridgehead atoms. The van der Waals surface area contributed by atoms with E-state index in [0.717, 1.165) is 25.7 Å². The van der Waals surface area contributed by atoms with Crippen LogP contribution in [-0.2, 0) is 0 Å². The van der Waals surface area contributed by atoms with E-state index in [1.165, 1.54) is 18.0 Å². The standard InChI is InChI=1S/C20H26ClN5O3/c1-11-6-14(29-2)8-15(21)17(11)26-10-24-18(23)16(20(26)28)19(27)25-13-5-3-4-12(7-13)9-22/h6,8,10,12-13H,3-5,7,9,22-23H2,1-2H3,(H,25,27)/t12-,13+/m0/s1. The molecule has 0 unspecified atom stereocenters. The van der Waals surface area contributed by atoms with Gasteiger partial charge in [-0.2, -0.15) is 0 Å². The van der Waals surface area contributed by atoms with E-state index in [-0.39, 0.29) is 17.4 Å². The number of benzene rings is 1. The van der Waals surface area contributed by atoms with Gasteiger partial charge in [-0.25, -0.2) is 4.98 Å². The van der Waals surface area contributed by atoms with E-state index in [4.69, 9.17) is 27.8 Å². The highest BCUT2D eigenvalue weighted by molar-refractivity contribution is 6.32. The largest absolute Gasteiger partial charge is 0.497 e. The SMILES string of the molecule is COc1cc(C)c(-n2cnc(N)c(C(=O)N[C@@H]3CCC[C@H](CN)C3)c2=O)c(Cl)c1. The molecule has 2 aromatic rings. The first-order chi connectivity index (χ1) is 13.8. The molecule has 9 heteroatoms. The quantitative estimate of drug-likeness (QED) is 0.680. The lowest BCUT2D eigenvalue weighted by Crippen LogP contribution is -2.42. The van der Waals surface area contributed by atoms with Gasteiger partial charge in [0.25, 0.3) is 11.5 Å². The summed E-state index contributed by atoms with van der Waals surface area (Å²) in [6, 6.07) is 3.31. The summed E-state index contributed by atoms with van der Waals surface area (Å²) in [6.07, 6.45) is 4.96. The number of nitrogen functional groups attached to an aromatic ring is 1. The van der Waals surface area contributed by atoms with Crippen LogP contribution in [0.2, 0.25) is 5.02 Å². The number of amides is 1. The van der Waals surface area contributed by atoms with Gasteiger partial charge >= 0.3 is 0 Å². The molecule has 1 aromatic carbocycles.